The molecule has 0 amide bonds. The van der Waals surface area contributed by atoms with Crippen molar-refractivity contribution >= 4 is 11.6 Å². The van der Waals surface area contributed by atoms with E-state index in [-0.39, 0.29) is 5.75 Å². The fourth-order valence-corrected chi connectivity index (χ4v) is 3.12. The fourth-order valence-electron chi connectivity index (χ4n) is 2.99. The molecule has 0 aliphatic rings. The smallest absolute Gasteiger partial charge is 0.159 e. The quantitative estimate of drug-likeness (QED) is 0.476. The molecule has 0 atom stereocenters. The molecule has 0 spiro atoms. The molecule has 0 unspecified atom stereocenters. The maximum Gasteiger partial charge on any atom is 0.159 e. The summed E-state index contributed by atoms with van der Waals surface area (Å²) in [6.45, 7) is 0. The van der Waals surface area contributed by atoms with Crippen LogP contribution in [-0.4, -0.2) is 22.2 Å². The van der Waals surface area contributed by atoms with Gasteiger partial charge >= 0.3 is 0 Å². The van der Waals surface area contributed by atoms with Crippen LogP contribution in [0.5, 0.6) is 11.5 Å². The Bertz CT molecular complexity index is 1110. The van der Waals surface area contributed by atoms with E-state index in [4.69, 9.17) is 21.3 Å². The topological polar surface area (TPSA) is 55.2 Å². The Morgan fingerprint density at radius 2 is 1.61 bits per heavy atom. The van der Waals surface area contributed by atoms with Crippen LogP contribution in [0.1, 0.15) is 0 Å². The molecule has 4 rings (SSSR count). The van der Waals surface area contributed by atoms with Gasteiger partial charge in [0.25, 0.3) is 0 Å². The third-order valence-electron chi connectivity index (χ3n) is 4.44. The average molecular weight is 389 g/mol. The first kappa shape index (κ1) is 18.0. The Morgan fingerprint density at radius 3 is 2.29 bits per heavy atom. The van der Waals surface area contributed by atoms with Gasteiger partial charge < -0.3 is 9.84 Å². The maximum absolute atomic E-state index is 10.6. The van der Waals surface area contributed by atoms with Gasteiger partial charge in [-0.15, -0.1) is 0 Å². The van der Waals surface area contributed by atoms with Gasteiger partial charge in [-0.1, -0.05) is 54.1 Å². The standard InChI is InChI=1S/C23H17ClN2O2/c1-28-18-11-12-19(21(27)13-18)22-20(15-7-9-17(24)10-8-15)14-25-23(26-22)16-5-3-2-4-6-16/h2-14,27H,1H3. The third-order valence-corrected chi connectivity index (χ3v) is 4.69. The van der Waals surface area contributed by atoms with Gasteiger partial charge in [0.15, 0.2) is 5.82 Å². The summed E-state index contributed by atoms with van der Waals surface area (Å²) in [6.07, 6.45) is 1.78. The zero-order valence-corrected chi connectivity index (χ0v) is 15.9. The number of benzene rings is 3. The molecule has 0 bridgehead atoms. The predicted octanol–water partition coefficient (Wildman–Crippen LogP) is 5.85. The summed E-state index contributed by atoms with van der Waals surface area (Å²) >= 11 is 6.03. The summed E-state index contributed by atoms with van der Waals surface area (Å²) in [5.74, 6) is 1.25. The Kier molecular flexibility index (Phi) is 4.96. The second-order valence-corrected chi connectivity index (χ2v) is 6.65. The van der Waals surface area contributed by atoms with Crippen LogP contribution >= 0.6 is 11.6 Å². The van der Waals surface area contributed by atoms with Crippen LogP contribution in [0, 0.1) is 0 Å². The molecule has 1 N–H and O–H groups in total. The lowest BCUT2D eigenvalue weighted by atomic mass is 9.99. The molecule has 0 radical (unpaired) electrons. The van der Waals surface area contributed by atoms with Crippen molar-refractivity contribution in [3.63, 3.8) is 0 Å². The van der Waals surface area contributed by atoms with E-state index in [0.717, 1.165) is 16.7 Å². The Balaban J connectivity index is 1.93. The van der Waals surface area contributed by atoms with Crippen molar-refractivity contribution in [1.29, 1.82) is 0 Å². The highest BCUT2D eigenvalue weighted by molar-refractivity contribution is 6.30. The monoisotopic (exact) mass is 388 g/mol. The second kappa shape index (κ2) is 7.71. The number of hydrogen-bond donors (Lipinski definition) is 1. The molecule has 1 aromatic heterocycles. The number of hydrogen-bond acceptors (Lipinski definition) is 4. The van der Waals surface area contributed by atoms with E-state index < -0.39 is 0 Å². The first-order valence-electron chi connectivity index (χ1n) is 8.71. The van der Waals surface area contributed by atoms with Crippen molar-refractivity contribution < 1.29 is 9.84 Å². The number of aromatic hydroxyl groups is 1. The molecule has 28 heavy (non-hydrogen) atoms. The van der Waals surface area contributed by atoms with E-state index in [1.54, 1.807) is 31.5 Å². The Hall–Kier alpha value is -3.37. The molecule has 1 heterocycles. The largest absolute Gasteiger partial charge is 0.507 e. The molecule has 0 fully saturated rings. The van der Waals surface area contributed by atoms with Gasteiger partial charge in [-0.2, -0.15) is 0 Å². The predicted molar refractivity (Wildman–Crippen MR) is 112 cm³/mol. The highest BCUT2D eigenvalue weighted by Gasteiger charge is 2.16. The lowest BCUT2D eigenvalue weighted by molar-refractivity contribution is 0.408. The average Bonchev–Trinajstić information content (AvgIpc) is 2.74. The maximum atomic E-state index is 10.6. The molecular weight excluding hydrogens is 372 g/mol. The van der Waals surface area contributed by atoms with Crippen molar-refractivity contribution in [3.8, 4) is 45.3 Å². The summed E-state index contributed by atoms with van der Waals surface area (Å²) in [6, 6.07) is 22.4. The fraction of sp³-hybridized carbons (Fsp3) is 0.0435. The van der Waals surface area contributed by atoms with Crippen molar-refractivity contribution in [1.82, 2.24) is 9.97 Å². The van der Waals surface area contributed by atoms with Gasteiger partial charge in [0.05, 0.1) is 12.8 Å². The number of nitrogens with zero attached hydrogens (tertiary/aromatic N) is 2. The van der Waals surface area contributed by atoms with Gasteiger partial charge in [-0.3, -0.25) is 0 Å². The van der Waals surface area contributed by atoms with E-state index >= 15 is 0 Å². The number of aromatic nitrogens is 2. The molecule has 0 aliphatic carbocycles. The van der Waals surface area contributed by atoms with E-state index in [9.17, 15) is 5.11 Å². The normalized spacial score (nSPS) is 10.6. The molecule has 4 nitrogen and oxygen atoms in total. The first-order chi connectivity index (χ1) is 13.7. The van der Waals surface area contributed by atoms with E-state index in [2.05, 4.69) is 4.98 Å². The lowest BCUT2D eigenvalue weighted by Gasteiger charge is -2.13. The number of phenols is 1. The number of rotatable bonds is 4. The SMILES string of the molecule is COc1ccc(-c2nc(-c3ccccc3)ncc2-c2ccc(Cl)cc2)c(O)c1. The highest BCUT2D eigenvalue weighted by atomic mass is 35.5. The number of phenolic OH excluding ortho intramolecular Hbond substituents is 1. The molecule has 0 saturated carbocycles. The van der Waals surface area contributed by atoms with Crippen molar-refractivity contribution in [2.24, 2.45) is 0 Å². The van der Waals surface area contributed by atoms with Crippen LogP contribution in [0.4, 0.5) is 0 Å². The van der Waals surface area contributed by atoms with Crippen LogP contribution in [-0.2, 0) is 0 Å². The summed E-state index contributed by atoms with van der Waals surface area (Å²) in [4.78, 5) is 9.33. The van der Waals surface area contributed by atoms with E-state index in [0.29, 0.717) is 27.9 Å². The van der Waals surface area contributed by atoms with Crippen LogP contribution in [0.2, 0.25) is 5.02 Å². The van der Waals surface area contributed by atoms with E-state index in [1.165, 1.54) is 0 Å². The number of ether oxygens (including phenoxy) is 1. The van der Waals surface area contributed by atoms with Gasteiger partial charge in [0, 0.05) is 34.0 Å². The van der Waals surface area contributed by atoms with Crippen LogP contribution < -0.4 is 4.74 Å². The van der Waals surface area contributed by atoms with E-state index in [1.807, 2.05) is 54.6 Å². The number of halogens is 1. The minimum absolute atomic E-state index is 0.0901. The summed E-state index contributed by atoms with van der Waals surface area (Å²) in [5.41, 5.74) is 3.85. The van der Waals surface area contributed by atoms with Crippen LogP contribution in [0.15, 0.2) is 79.0 Å². The van der Waals surface area contributed by atoms with Crippen LogP contribution in [0.25, 0.3) is 33.8 Å². The molecule has 0 saturated heterocycles. The minimum atomic E-state index is 0.0901. The minimum Gasteiger partial charge on any atom is -0.507 e. The molecule has 138 valence electrons. The highest BCUT2D eigenvalue weighted by Crippen LogP contribution is 2.38. The number of methoxy groups -OCH3 is 1. The lowest BCUT2D eigenvalue weighted by Crippen LogP contribution is -1.96. The van der Waals surface area contributed by atoms with Gasteiger partial charge in [0.1, 0.15) is 11.5 Å². The zero-order chi connectivity index (χ0) is 19.5. The van der Waals surface area contributed by atoms with Crippen molar-refractivity contribution in [2.75, 3.05) is 7.11 Å². The summed E-state index contributed by atoms with van der Waals surface area (Å²) in [5, 5.41) is 11.2. The molecule has 5 heteroatoms. The Morgan fingerprint density at radius 1 is 0.857 bits per heavy atom. The molecular formula is C23H17ClN2O2. The molecule has 0 aliphatic heterocycles. The van der Waals surface area contributed by atoms with Gasteiger partial charge in [-0.25, -0.2) is 9.97 Å². The zero-order valence-electron chi connectivity index (χ0n) is 15.1. The van der Waals surface area contributed by atoms with Gasteiger partial charge in [0.2, 0.25) is 0 Å². The van der Waals surface area contributed by atoms with Gasteiger partial charge in [-0.05, 0) is 29.8 Å². The third kappa shape index (κ3) is 3.55. The summed E-state index contributed by atoms with van der Waals surface area (Å²) < 4.78 is 5.20. The summed E-state index contributed by atoms with van der Waals surface area (Å²) in [7, 11) is 1.56. The Labute approximate surface area is 168 Å². The van der Waals surface area contributed by atoms with Crippen LogP contribution in [0.3, 0.4) is 0 Å². The second-order valence-electron chi connectivity index (χ2n) is 6.21. The molecule has 3 aromatic carbocycles. The van der Waals surface area contributed by atoms with Crippen molar-refractivity contribution in [3.05, 3.63) is 84.0 Å². The molecule has 4 aromatic rings. The first-order valence-corrected chi connectivity index (χ1v) is 9.09. The van der Waals surface area contributed by atoms with Crippen molar-refractivity contribution in [2.45, 2.75) is 0 Å².